The van der Waals surface area contributed by atoms with E-state index < -0.39 is 23.4 Å². The lowest BCUT2D eigenvalue weighted by Crippen LogP contribution is -2.42. The van der Waals surface area contributed by atoms with E-state index >= 15 is 0 Å². The number of ether oxygens (including phenoxy) is 2. The van der Waals surface area contributed by atoms with Crippen LogP contribution in [0.1, 0.15) is 30.1 Å². The molecule has 1 aliphatic rings. The van der Waals surface area contributed by atoms with Gasteiger partial charge in [0, 0.05) is 19.2 Å². The van der Waals surface area contributed by atoms with Crippen LogP contribution in [0.15, 0.2) is 24.3 Å². The number of likely N-dealkylation sites (tertiary alicyclic amines) is 1. The molecular weight excluding hydrogens is 344 g/mol. The molecule has 1 fully saturated rings. The van der Waals surface area contributed by atoms with Crippen molar-refractivity contribution in [1.82, 2.24) is 4.90 Å². The molecule has 1 aliphatic heterocycles. The summed E-state index contributed by atoms with van der Waals surface area (Å²) in [5, 5.41) is 10.9. The number of benzene rings is 1. The number of amides is 1. The first kappa shape index (κ1) is 19.4. The highest BCUT2D eigenvalue weighted by molar-refractivity contribution is 5.95. The quantitative estimate of drug-likeness (QED) is 0.427. The monoisotopic (exact) mass is 364 g/mol. The molecule has 0 radical (unpaired) electrons. The van der Waals surface area contributed by atoms with Gasteiger partial charge in [0.2, 0.25) is 0 Å². The van der Waals surface area contributed by atoms with E-state index in [1.54, 1.807) is 6.92 Å². The average Bonchev–Trinajstić information content (AvgIpc) is 2.66. The van der Waals surface area contributed by atoms with Gasteiger partial charge >= 0.3 is 11.9 Å². The maximum Gasteiger partial charge on any atom is 0.345 e. The number of nitro groups is 1. The first-order valence-corrected chi connectivity index (χ1v) is 8.29. The first-order chi connectivity index (χ1) is 12.4. The lowest BCUT2D eigenvalue weighted by atomic mass is 9.97. The highest BCUT2D eigenvalue weighted by Crippen LogP contribution is 2.20. The molecule has 0 atom stereocenters. The molecule has 0 N–H and O–H groups in total. The third-order valence-electron chi connectivity index (χ3n) is 4.11. The third-order valence-corrected chi connectivity index (χ3v) is 4.11. The SMILES string of the molecule is CCOC(=O)C1CCN(C(=O)COC(=O)c2ccccc2[N+](=O)[O-])CC1. The second kappa shape index (κ2) is 8.93. The Kier molecular flexibility index (Phi) is 6.65. The Hall–Kier alpha value is -2.97. The number of rotatable bonds is 6. The topological polar surface area (TPSA) is 116 Å². The van der Waals surface area contributed by atoms with Crippen molar-refractivity contribution in [3.05, 3.63) is 39.9 Å². The second-order valence-electron chi connectivity index (χ2n) is 5.76. The van der Waals surface area contributed by atoms with Crippen LogP contribution in [0.3, 0.4) is 0 Å². The van der Waals surface area contributed by atoms with E-state index in [1.165, 1.54) is 29.2 Å². The molecule has 1 saturated heterocycles. The molecule has 1 aromatic rings. The molecule has 0 aliphatic carbocycles. The van der Waals surface area contributed by atoms with Crippen molar-refractivity contribution in [1.29, 1.82) is 0 Å². The molecule has 1 aromatic carbocycles. The summed E-state index contributed by atoms with van der Waals surface area (Å²) in [6.45, 7) is 2.28. The molecule has 0 spiro atoms. The van der Waals surface area contributed by atoms with Crippen LogP contribution in [0, 0.1) is 16.0 Å². The number of nitrogens with zero attached hydrogens (tertiary/aromatic N) is 2. The number of hydrogen-bond acceptors (Lipinski definition) is 7. The summed E-state index contributed by atoms with van der Waals surface area (Å²) in [7, 11) is 0. The summed E-state index contributed by atoms with van der Waals surface area (Å²) in [6, 6.07) is 5.38. The number of hydrogen-bond donors (Lipinski definition) is 0. The zero-order valence-corrected chi connectivity index (χ0v) is 14.4. The Morgan fingerprint density at radius 3 is 2.46 bits per heavy atom. The van der Waals surface area contributed by atoms with Gasteiger partial charge in [-0.3, -0.25) is 19.7 Å². The molecular formula is C17H20N2O7. The second-order valence-corrected chi connectivity index (χ2v) is 5.76. The van der Waals surface area contributed by atoms with E-state index in [4.69, 9.17) is 9.47 Å². The summed E-state index contributed by atoms with van der Waals surface area (Å²) < 4.78 is 9.89. The van der Waals surface area contributed by atoms with Crippen molar-refractivity contribution in [3.63, 3.8) is 0 Å². The first-order valence-electron chi connectivity index (χ1n) is 8.29. The highest BCUT2D eigenvalue weighted by Gasteiger charge is 2.29. The standard InChI is InChI=1S/C17H20N2O7/c1-2-25-16(21)12-7-9-18(10-8-12)15(20)11-26-17(22)13-5-3-4-6-14(13)19(23)24/h3-6,12H,2,7-11H2,1H3. The van der Waals surface area contributed by atoms with Crippen LogP contribution < -0.4 is 0 Å². The van der Waals surface area contributed by atoms with Crippen LogP contribution in [-0.2, 0) is 19.1 Å². The maximum atomic E-state index is 12.2. The average molecular weight is 364 g/mol. The van der Waals surface area contributed by atoms with Gasteiger partial charge in [0.25, 0.3) is 11.6 Å². The van der Waals surface area contributed by atoms with Gasteiger partial charge in [-0.1, -0.05) is 12.1 Å². The van der Waals surface area contributed by atoms with Crippen LogP contribution in [-0.4, -0.2) is 54.0 Å². The molecule has 140 valence electrons. The summed E-state index contributed by atoms with van der Waals surface area (Å²) in [4.78, 5) is 47.6. The fourth-order valence-electron chi connectivity index (χ4n) is 2.73. The zero-order chi connectivity index (χ0) is 19.1. The Morgan fingerprint density at radius 1 is 1.19 bits per heavy atom. The molecule has 0 bridgehead atoms. The Bertz CT molecular complexity index is 696. The normalized spacial score (nSPS) is 14.6. The number of carbonyl (C=O) groups excluding carboxylic acids is 3. The van der Waals surface area contributed by atoms with E-state index in [9.17, 15) is 24.5 Å². The molecule has 26 heavy (non-hydrogen) atoms. The van der Waals surface area contributed by atoms with Gasteiger partial charge < -0.3 is 14.4 Å². The van der Waals surface area contributed by atoms with E-state index in [0.717, 1.165) is 0 Å². The Morgan fingerprint density at radius 2 is 1.85 bits per heavy atom. The van der Waals surface area contributed by atoms with E-state index in [-0.39, 0.29) is 23.1 Å². The van der Waals surface area contributed by atoms with Crippen molar-refractivity contribution >= 4 is 23.5 Å². The van der Waals surface area contributed by atoms with Crippen LogP contribution >= 0.6 is 0 Å². The molecule has 1 heterocycles. The van der Waals surface area contributed by atoms with Gasteiger partial charge in [0.1, 0.15) is 5.56 Å². The number of piperidine rings is 1. The van der Waals surface area contributed by atoms with Crippen molar-refractivity contribution in [2.24, 2.45) is 5.92 Å². The Labute approximate surface area is 150 Å². The minimum absolute atomic E-state index is 0.202. The van der Waals surface area contributed by atoms with Gasteiger partial charge in [-0.25, -0.2) is 4.79 Å². The molecule has 1 amide bonds. The van der Waals surface area contributed by atoms with Gasteiger partial charge in [-0.15, -0.1) is 0 Å². The minimum Gasteiger partial charge on any atom is -0.466 e. The van der Waals surface area contributed by atoms with Crippen molar-refractivity contribution in [2.45, 2.75) is 19.8 Å². The maximum absolute atomic E-state index is 12.2. The minimum atomic E-state index is -0.924. The van der Waals surface area contributed by atoms with Gasteiger partial charge in [0.05, 0.1) is 17.4 Å². The molecule has 0 aromatic heterocycles. The van der Waals surface area contributed by atoms with Crippen LogP contribution in [0.25, 0.3) is 0 Å². The zero-order valence-electron chi connectivity index (χ0n) is 14.4. The molecule has 9 heteroatoms. The third kappa shape index (κ3) is 4.78. The lowest BCUT2D eigenvalue weighted by molar-refractivity contribution is -0.385. The Balaban J connectivity index is 1.85. The number of para-hydroxylation sites is 1. The largest absolute Gasteiger partial charge is 0.466 e. The van der Waals surface area contributed by atoms with Gasteiger partial charge in [-0.05, 0) is 25.8 Å². The summed E-state index contributed by atoms with van der Waals surface area (Å²) in [5.41, 5.74) is -0.577. The summed E-state index contributed by atoms with van der Waals surface area (Å²) >= 11 is 0. The lowest BCUT2D eigenvalue weighted by Gasteiger charge is -2.30. The van der Waals surface area contributed by atoms with Gasteiger partial charge in [0.15, 0.2) is 6.61 Å². The van der Waals surface area contributed by atoms with Crippen molar-refractivity contribution < 1.29 is 28.8 Å². The van der Waals surface area contributed by atoms with Crippen LogP contribution in [0.5, 0.6) is 0 Å². The number of carbonyl (C=O) groups is 3. The smallest absolute Gasteiger partial charge is 0.345 e. The van der Waals surface area contributed by atoms with E-state index in [0.29, 0.717) is 32.5 Å². The fourth-order valence-corrected chi connectivity index (χ4v) is 2.73. The number of nitro benzene ring substituents is 1. The number of esters is 2. The summed E-state index contributed by atoms with van der Waals surface area (Å²) in [5.74, 6) is -1.82. The van der Waals surface area contributed by atoms with Crippen molar-refractivity contribution in [2.75, 3.05) is 26.3 Å². The predicted molar refractivity (Wildman–Crippen MR) is 89.3 cm³/mol. The molecule has 0 unspecified atom stereocenters. The highest BCUT2D eigenvalue weighted by atomic mass is 16.6. The summed E-state index contributed by atoms with van der Waals surface area (Å²) in [6.07, 6.45) is 0.978. The molecule has 0 saturated carbocycles. The van der Waals surface area contributed by atoms with E-state index in [2.05, 4.69) is 0 Å². The predicted octanol–water partition coefficient (Wildman–Crippen LogP) is 1.55. The van der Waals surface area contributed by atoms with Gasteiger partial charge in [-0.2, -0.15) is 0 Å². The fraction of sp³-hybridized carbons (Fsp3) is 0.471. The van der Waals surface area contributed by atoms with Crippen LogP contribution in [0.4, 0.5) is 5.69 Å². The van der Waals surface area contributed by atoms with E-state index in [1.807, 2.05) is 0 Å². The van der Waals surface area contributed by atoms with Crippen LogP contribution in [0.2, 0.25) is 0 Å². The molecule has 9 nitrogen and oxygen atoms in total. The van der Waals surface area contributed by atoms with Crippen molar-refractivity contribution in [3.8, 4) is 0 Å². The molecule has 2 rings (SSSR count).